The second-order valence-electron chi connectivity index (χ2n) is 7.87. The van der Waals surface area contributed by atoms with Crippen LogP contribution in [0.1, 0.15) is 57.8 Å². The summed E-state index contributed by atoms with van der Waals surface area (Å²) in [5.74, 6) is 1.27. The summed E-state index contributed by atoms with van der Waals surface area (Å²) in [6.45, 7) is 1.47. The number of hydrogen-bond acceptors (Lipinski definition) is 3. The van der Waals surface area contributed by atoms with Gasteiger partial charge in [-0.15, -0.1) is 0 Å². The van der Waals surface area contributed by atoms with Crippen LogP contribution in [0.4, 0.5) is 16.3 Å². The largest absolute Gasteiger partial charge is 0.326 e. The lowest BCUT2D eigenvalue weighted by molar-refractivity contribution is -0.117. The van der Waals surface area contributed by atoms with Gasteiger partial charge < -0.3 is 10.2 Å². The summed E-state index contributed by atoms with van der Waals surface area (Å²) < 4.78 is 0. The highest BCUT2D eigenvalue weighted by molar-refractivity contribution is 5.94. The van der Waals surface area contributed by atoms with Crippen molar-refractivity contribution in [1.29, 1.82) is 0 Å². The molecule has 1 saturated heterocycles. The van der Waals surface area contributed by atoms with E-state index >= 15 is 0 Å². The van der Waals surface area contributed by atoms with Crippen molar-refractivity contribution in [3.05, 3.63) is 18.3 Å². The van der Waals surface area contributed by atoms with Crippen LogP contribution >= 0.6 is 0 Å². The molecule has 1 aromatic rings. The Balaban J connectivity index is 1.33. The highest BCUT2D eigenvalue weighted by Gasteiger charge is 2.36. The van der Waals surface area contributed by atoms with Crippen molar-refractivity contribution in [3.8, 4) is 0 Å². The van der Waals surface area contributed by atoms with Gasteiger partial charge in [-0.1, -0.05) is 25.7 Å². The van der Waals surface area contributed by atoms with Crippen molar-refractivity contribution < 1.29 is 9.59 Å². The number of amides is 3. The van der Waals surface area contributed by atoms with E-state index < -0.39 is 0 Å². The van der Waals surface area contributed by atoms with Crippen molar-refractivity contribution in [1.82, 2.24) is 9.88 Å². The predicted molar refractivity (Wildman–Crippen MR) is 101 cm³/mol. The number of anilines is 2. The molecule has 2 heterocycles. The number of nitrogens with zero attached hydrogens (tertiary/aromatic N) is 3. The van der Waals surface area contributed by atoms with Crippen LogP contribution in [0, 0.1) is 5.92 Å². The van der Waals surface area contributed by atoms with E-state index in [9.17, 15) is 9.59 Å². The zero-order valence-electron chi connectivity index (χ0n) is 15.3. The summed E-state index contributed by atoms with van der Waals surface area (Å²) in [4.78, 5) is 33.0. The molecule has 2 aliphatic carbocycles. The first-order valence-electron chi connectivity index (χ1n) is 10.0. The van der Waals surface area contributed by atoms with Gasteiger partial charge in [0.05, 0.1) is 11.9 Å². The smallest absolute Gasteiger partial charge is 0.325 e. The minimum absolute atomic E-state index is 0.0658. The van der Waals surface area contributed by atoms with Gasteiger partial charge in [0.15, 0.2) is 0 Å². The molecule has 4 rings (SSSR count). The molecule has 140 valence electrons. The lowest BCUT2D eigenvalue weighted by atomic mass is 10.0. The summed E-state index contributed by atoms with van der Waals surface area (Å²) >= 11 is 0. The molecular formula is C20H28N4O2. The number of rotatable bonds is 5. The Morgan fingerprint density at radius 3 is 2.50 bits per heavy atom. The molecule has 0 aromatic carbocycles. The SMILES string of the molecule is O=C(CC1CCCC1)Nc1ccc(N2CCN(C3CCCC3)C2=O)nc1. The highest BCUT2D eigenvalue weighted by Crippen LogP contribution is 2.29. The summed E-state index contributed by atoms with van der Waals surface area (Å²) in [6, 6.07) is 4.16. The molecule has 0 bridgehead atoms. The molecule has 0 unspecified atom stereocenters. The van der Waals surface area contributed by atoms with Gasteiger partial charge in [0.25, 0.3) is 0 Å². The van der Waals surface area contributed by atoms with E-state index in [1.807, 2.05) is 17.0 Å². The lowest BCUT2D eigenvalue weighted by Crippen LogP contribution is -2.38. The molecule has 3 aliphatic rings. The Bertz CT molecular complexity index is 648. The number of nitrogens with one attached hydrogen (secondary N) is 1. The number of carbonyl (C=O) groups excluding carboxylic acids is 2. The second kappa shape index (κ2) is 7.64. The van der Waals surface area contributed by atoms with Gasteiger partial charge in [-0.2, -0.15) is 0 Å². The molecule has 1 aromatic heterocycles. The Kier molecular flexibility index (Phi) is 5.09. The van der Waals surface area contributed by atoms with Crippen molar-refractivity contribution in [2.75, 3.05) is 23.3 Å². The first-order valence-corrected chi connectivity index (χ1v) is 10.0. The van der Waals surface area contributed by atoms with Crippen LogP contribution in [0.2, 0.25) is 0 Å². The summed E-state index contributed by atoms with van der Waals surface area (Å²) in [7, 11) is 0. The average molecular weight is 356 g/mol. The molecule has 2 saturated carbocycles. The zero-order valence-corrected chi connectivity index (χ0v) is 15.3. The van der Waals surface area contributed by atoms with E-state index in [2.05, 4.69) is 10.3 Å². The third-order valence-electron chi connectivity index (χ3n) is 6.06. The number of urea groups is 1. The van der Waals surface area contributed by atoms with Gasteiger partial charge in [0.1, 0.15) is 5.82 Å². The summed E-state index contributed by atoms with van der Waals surface area (Å²) in [5, 5.41) is 2.94. The Labute approximate surface area is 155 Å². The van der Waals surface area contributed by atoms with Crippen LogP contribution in [0.3, 0.4) is 0 Å². The Morgan fingerprint density at radius 1 is 1.08 bits per heavy atom. The number of hydrogen-bond donors (Lipinski definition) is 1. The highest BCUT2D eigenvalue weighted by atomic mass is 16.2. The molecule has 1 N–H and O–H groups in total. The van der Waals surface area contributed by atoms with Gasteiger partial charge in [0.2, 0.25) is 5.91 Å². The van der Waals surface area contributed by atoms with Crippen LogP contribution in [-0.2, 0) is 4.79 Å². The van der Waals surface area contributed by atoms with E-state index in [1.165, 1.54) is 38.5 Å². The maximum atomic E-state index is 12.7. The molecule has 3 amide bonds. The topological polar surface area (TPSA) is 65.5 Å². The van der Waals surface area contributed by atoms with Gasteiger partial charge in [-0.3, -0.25) is 9.69 Å². The molecule has 26 heavy (non-hydrogen) atoms. The molecule has 0 radical (unpaired) electrons. The van der Waals surface area contributed by atoms with Crippen molar-refractivity contribution >= 4 is 23.4 Å². The van der Waals surface area contributed by atoms with Gasteiger partial charge >= 0.3 is 6.03 Å². The normalized spacial score (nSPS) is 21.8. The fourth-order valence-electron chi connectivity index (χ4n) is 4.63. The minimum atomic E-state index is 0.0658. The lowest BCUT2D eigenvalue weighted by Gasteiger charge is -2.23. The fraction of sp³-hybridized carbons (Fsp3) is 0.650. The van der Waals surface area contributed by atoms with Gasteiger partial charge in [-0.25, -0.2) is 9.78 Å². The van der Waals surface area contributed by atoms with E-state index in [0.717, 1.165) is 19.4 Å². The van der Waals surface area contributed by atoms with Crippen LogP contribution < -0.4 is 10.2 Å². The predicted octanol–water partition coefficient (Wildman–Crippen LogP) is 3.79. The van der Waals surface area contributed by atoms with E-state index in [1.54, 1.807) is 11.1 Å². The molecule has 6 nitrogen and oxygen atoms in total. The molecule has 0 spiro atoms. The first kappa shape index (κ1) is 17.3. The second-order valence-corrected chi connectivity index (χ2v) is 7.87. The monoisotopic (exact) mass is 356 g/mol. The maximum Gasteiger partial charge on any atom is 0.326 e. The van der Waals surface area contributed by atoms with Crippen molar-refractivity contribution in [3.63, 3.8) is 0 Å². The summed E-state index contributed by atoms with van der Waals surface area (Å²) in [6.07, 6.45) is 11.8. The van der Waals surface area contributed by atoms with Crippen LogP contribution in [-0.4, -0.2) is 41.0 Å². The molecular weight excluding hydrogens is 328 g/mol. The maximum absolute atomic E-state index is 12.7. The van der Waals surface area contributed by atoms with E-state index in [0.29, 0.717) is 36.4 Å². The number of aromatic nitrogens is 1. The van der Waals surface area contributed by atoms with Gasteiger partial charge in [0, 0.05) is 25.6 Å². The van der Waals surface area contributed by atoms with Gasteiger partial charge in [-0.05, 0) is 43.7 Å². The molecule has 1 aliphatic heterocycles. The van der Waals surface area contributed by atoms with Crippen LogP contribution in [0.5, 0.6) is 0 Å². The first-order chi connectivity index (χ1) is 12.7. The fourth-order valence-corrected chi connectivity index (χ4v) is 4.63. The average Bonchev–Trinajstić information content (AvgIpc) is 3.37. The van der Waals surface area contributed by atoms with Crippen molar-refractivity contribution in [2.24, 2.45) is 5.92 Å². The molecule has 6 heteroatoms. The van der Waals surface area contributed by atoms with Crippen LogP contribution in [0.15, 0.2) is 18.3 Å². The van der Waals surface area contributed by atoms with E-state index in [4.69, 9.17) is 0 Å². The number of pyridine rings is 1. The number of carbonyl (C=O) groups is 2. The van der Waals surface area contributed by atoms with Crippen molar-refractivity contribution in [2.45, 2.75) is 63.8 Å². The van der Waals surface area contributed by atoms with Crippen LogP contribution in [0.25, 0.3) is 0 Å². The standard InChI is InChI=1S/C20H28N4O2/c25-19(13-15-5-1-2-6-15)22-16-9-10-18(21-14-16)24-12-11-23(20(24)26)17-7-3-4-8-17/h9-10,14-15,17H,1-8,11-13H2,(H,22,25). The Morgan fingerprint density at radius 2 is 1.81 bits per heavy atom. The minimum Gasteiger partial charge on any atom is -0.325 e. The third-order valence-corrected chi connectivity index (χ3v) is 6.06. The Hall–Kier alpha value is -2.11. The molecule has 3 fully saturated rings. The zero-order chi connectivity index (χ0) is 17.9. The third kappa shape index (κ3) is 3.69. The molecule has 0 atom stereocenters. The quantitative estimate of drug-likeness (QED) is 0.873. The summed E-state index contributed by atoms with van der Waals surface area (Å²) in [5.41, 5.74) is 0.705. The van der Waals surface area contributed by atoms with E-state index in [-0.39, 0.29) is 11.9 Å².